The summed E-state index contributed by atoms with van der Waals surface area (Å²) in [6.45, 7) is 0.176. The van der Waals surface area contributed by atoms with Crippen LogP contribution in [0.4, 0.5) is 10.1 Å². The van der Waals surface area contributed by atoms with E-state index in [9.17, 15) is 4.39 Å². The third-order valence-corrected chi connectivity index (χ3v) is 2.59. The van der Waals surface area contributed by atoms with Crippen molar-refractivity contribution in [1.82, 2.24) is 9.97 Å². The van der Waals surface area contributed by atoms with Crippen LogP contribution in [0.25, 0.3) is 0 Å². The summed E-state index contributed by atoms with van der Waals surface area (Å²) < 4.78 is 18.9. The fourth-order valence-corrected chi connectivity index (χ4v) is 1.84. The second-order valence-corrected chi connectivity index (χ2v) is 4.11. The molecule has 0 radical (unpaired) electrons. The minimum absolute atomic E-state index is 0.176. The van der Waals surface area contributed by atoms with E-state index in [1.54, 1.807) is 18.5 Å². The third kappa shape index (κ3) is 2.91. The Kier molecular flexibility index (Phi) is 3.53. The smallest absolute Gasteiger partial charge is 0.166 e. The molecule has 0 amide bonds. The number of aromatic nitrogens is 2. The van der Waals surface area contributed by atoms with Crippen LogP contribution in [-0.4, -0.2) is 9.97 Å². The molecule has 0 aliphatic carbocycles. The first-order valence-corrected chi connectivity index (χ1v) is 5.59. The molecule has 0 bridgehead atoms. The molecule has 4 nitrogen and oxygen atoms in total. The van der Waals surface area contributed by atoms with Crippen LogP contribution in [0, 0.1) is 5.82 Å². The first-order chi connectivity index (χ1) is 8.16. The van der Waals surface area contributed by atoms with E-state index in [4.69, 9.17) is 10.5 Å². The molecule has 0 unspecified atom stereocenters. The lowest BCUT2D eigenvalue weighted by atomic mass is 10.3. The van der Waals surface area contributed by atoms with Gasteiger partial charge in [0.05, 0.1) is 10.2 Å². The molecular formula is C11H9BrFN3O. The number of nitrogens with zero attached hydrogens (tertiary/aromatic N) is 2. The van der Waals surface area contributed by atoms with Crippen LogP contribution in [-0.2, 0) is 6.61 Å². The summed E-state index contributed by atoms with van der Waals surface area (Å²) in [5, 5.41) is 0. The van der Waals surface area contributed by atoms with Gasteiger partial charge in [-0.1, -0.05) is 0 Å². The largest absolute Gasteiger partial charge is 0.482 e. The number of halogens is 2. The van der Waals surface area contributed by atoms with Crippen LogP contribution >= 0.6 is 15.9 Å². The van der Waals surface area contributed by atoms with Gasteiger partial charge >= 0.3 is 0 Å². The van der Waals surface area contributed by atoms with E-state index in [0.29, 0.717) is 16.0 Å². The normalized spacial score (nSPS) is 10.2. The molecule has 0 fully saturated rings. The number of benzene rings is 1. The van der Waals surface area contributed by atoms with Crippen molar-refractivity contribution >= 4 is 21.6 Å². The fraction of sp³-hybridized carbons (Fsp3) is 0.0909. The van der Waals surface area contributed by atoms with E-state index >= 15 is 0 Å². The van der Waals surface area contributed by atoms with Crippen molar-refractivity contribution < 1.29 is 9.13 Å². The molecule has 1 aromatic heterocycles. The second kappa shape index (κ2) is 5.09. The zero-order valence-electron chi connectivity index (χ0n) is 8.73. The molecule has 2 rings (SSSR count). The van der Waals surface area contributed by atoms with Crippen molar-refractivity contribution in [2.45, 2.75) is 6.61 Å². The Hall–Kier alpha value is -1.69. The molecule has 0 aliphatic heterocycles. The van der Waals surface area contributed by atoms with Crippen LogP contribution in [0.15, 0.2) is 35.1 Å². The van der Waals surface area contributed by atoms with Crippen molar-refractivity contribution in [1.29, 1.82) is 0 Å². The maximum Gasteiger partial charge on any atom is 0.166 e. The van der Waals surface area contributed by atoms with Crippen LogP contribution < -0.4 is 10.5 Å². The predicted molar refractivity (Wildman–Crippen MR) is 64.9 cm³/mol. The van der Waals surface area contributed by atoms with Gasteiger partial charge in [0.2, 0.25) is 0 Å². The highest BCUT2D eigenvalue weighted by Crippen LogP contribution is 2.32. The van der Waals surface area contributed by atoms with E-state index in [1.165, 1.54) is 12.1 Å². The molecule has 0 spiro atoms. The van der Waals surface area contributed by atoms with E-state index < -0.39 is 5.82 Å². The lowest BCUT2D eigenvalue weighted by Gasteiger charge is -2.10. The van der Waals surface area contributed by atoms with E-state index in [2.05, 4.69) is 25.9 Å². The first-order valence-electron chi connectivity index (χ1n) is 4.80. The molecule has 2 N–H and O–H groups in total. The molecule has 0 atom stereocenters. The summed E-state index contributed by atoms with van der Waals surface area (Å²) in [4.78, 5) is 8.01. The average molecular weight is 298 g/mol. The Balaban J connectivity index is 2.15. The van der Waals surface area contributed by atoms with Gasteiger partial charge in [-0.2, -0.15) is 0 Å². The molecule has 0 aliphatic rings. The van der Waals surface area contributed by atoms with Crippen molar-refractivity contribution in [2.75, 3.05) is 5.73 Å². The molecule has 6 heteroatoms. The maximum absolute atomic E-state index is 13.0. The number of hydrogen-bond acceptors (Lipinski definition) is 4. The van der Waals surface area contributed by atoms with Gasteiger partial charge in [-0.05, 0) is 28.1 Å². The van der Waals surface area contributed by atoms with Gasteiger partial charge in [-0.15, -0.1) is 0 Å². The van der Waals surface area contributed by atoms with Gasteiger partial charge in [0.15, 0.2) is 11.6 Å². The quantitative estimate of drug-likeness (QED) is 0.885. The molecule has 17 heavy (non-hydrogen) atoms. The fourth-order valence-electron chi connectivity index (χ4n) is 1.27. The molecule has 88 valence electrons. The molecule has 2 aromatic rings. The Morgan fingerprint density at radius 3 is 2.65 bits per heavy atom. The number of ether oxygens (including phenoxy) is 1. The van der Waals surface area contributed by atoms with Crippen molar-refractivity contribution in [3.63, 3.8) is 0 Å². The monoisotopic (exact) mass is 297 g/mol. The van der Waals surface area contributed by atoms with Crippen LogP contribution in [0.1, 0.15) is 5.82 Å². The zero-order chi connectivity index (χ0) is 12.3. The topological polar surface area (TPSA) is 61.0 Å². The highest BCUT2D eigenvalue weighted by atomic mass is 79.9. The number of anilines is 1. The van der Waals surface area contributed by atoms with Gasteiger partial charge in [0, 0.05) is 18.5 Å². The number of rotatable bonds is 3. The number of hydrogen-bond donors (Lipinski definition) is 1. The SMILES string of the molecule is Nc1cc(F)cc(Br)c1OCc1ncccn1. The van der Waals surface area contributed by atoms with E-state index in [1.807, 2.05) is 0 Å². The number of nitrogen functional groups attached to an aromatic ring is 1. The Bertz CT molecular complexity index is 498. The lowest BCUT2D eigenvalue weighted by Crippen LogP contribution is -2.03. The van der Waals surface area contributed by atoms with Crippen molar-refractivity contribution in [3.8, 4) is 5.75 Å². The second-order valence-electron chi connectivity index (χ2n) is 3.26. The summed E-state index contributed by atoms with van der Waals surface area (Å²) in [6, 6.07) is 4.20. The van der Waals surface area contributed by atoms with Gasteiger partial charge < -0.3 is 10.5 Å². The van der Waals surface area contributed by atoms with Gasteiger partial charge in [-0.25, -0.2) is 14.4 Å². The Morgan fingerprint density at radius 2 is 2.00 bits per heavy atom. The minimum Gasteiger partial charge on any atom is -0.482 e. The Labute approximate surface area is 106 Å². The average Bonchev–Trinajstić information content (AvgIpc) is 2.29. The van der Waals surface area contributed by atoms with Crippen LogP contribution in [0.2, 0.25) is 0 Å². The van der Waals surface area contributed by atoms with E-state index in [-0.39, 0.29) is 12.3 Å². The van der Waals surface area contributed by atoms with Gasteiger partial charge in [-0.3, -0.25) is 0 Å². The van der Waals surface area contributed by atoms with Crippen molar-refractivity contribution in [3.05, 3.63) is 46.7 Å². The first kappa shape index (κ1) is 11.8. The van der Waals surface area contributed by atoms with Crippen LogP contribution in [0.3, 0.4) is 0 Å². The summed E-state index contributed by atoms with van der Waals surface area (Å²) in [6.07, 6.45) is 3.24. The summed E-state index contributed by atoms with van der Waals surface area (Å²) >= 11 is 3.19. The predicted octanol–water partition coefficient (Wildman–Crippen LogP) is 2.54. The third-order valence-electron chi connectivity index (χ3n) is 2.00. The summed E-state index contributed by atoms with van der Waals surface area (Å²) in [5.41, 5.74) is 5.88. The minimum atomic E-state index is -0.419. The van der Waals surface area contributed by atoms with Gasteiger partial charge in [0.25, 0.3) is 0 Å². The van der Waals surface area contributed by atoms with Gasteiger partial charge in [0.1, 0.15) is 12.4 Å². The van der Waals surface area contributed by atoms with E-state index in [0.717, 1.165) is 0 Å². The Morgan fingerprint density at radius 1 is 1.29 bits per heavy atom. The molecule has 0 saturated carbocycles. The van der Waals surface area contributed by atoms with Crippen LogP contribution in [0.5, 0.6) is 5.75 Å². The molecule has 1 heterocycles. The lowest BCUT2D eigenvalue weighted by molar-refractivity contribution is 0.295. The molecular weight excluding hydrogens is 289 g/mol. The van der Waals surface area contributed by atoms with Crippen molar-refractivity contribution in [2.24, 2.45) is 0 Å². The zero-order valence-corrected chi connectivity index (χ0v) is 10.3. The molecule has 0 saturated heterocycles. The highest BCUT2D eigenvalue weighted by Gasteiger charge is 2.09. The highest BCUT2D eigenvalue weighted by molar-refractivity contribution is 9.10. The standard InChI is InChI=1S/C11H9BrFN3O/c12-8-4-7(13)5-9(14)11(8)17-6-10-15-2-1-3-16-10/h1-5H,6,14H2. The summed E-state index contributed by atoms with van der Waals surface area (Å²) in [5.74, 6) is 0.500. The number of nitrogens with two attached hydrogens (primary N) is 1. The molecule has 1 aromatic carbocycles. The summed E-state index contributed by atoms with van der Waals surface area (Å²) in [7, 11) is 0. The maximum atomic E-state index is 13.0.